The zero-order valence-corrected chi connectivity index (χ0v) is 15.0. The van der Waals surface area contributed by atoms with Crippen molar-refractivity contribution >= 4 is 11.6 Å². The highest BCUT2D eigenvalue weighted by Gasteiger charge is 2.40. The van der Waals surface area contributed by atoms with E-state index in [1.54, 1.807) is 24.3 Å². The van der Waals surface area contributed by atoms with Gasteiger partial charge in [0.15, 0.2) is 5.69 Å². The molecule has 0 atom stereocenters. The first kappa shape index (κ1) is 18.3. The number of hydrogen-bond donors (Lipinski definition) is 1. The van der Waals surface area contributed by atoms with Gasteiger partial charge >= 0.3 is 6.18 Å². The van der Waals surface area contributed by atoms with Crippen LogP contribution in [-0.2, 0) is 19.0 Å². The Kier molecular flexibility index (Phi) is 4.66. The molecular formula is C21H18F3N3O. The molecule has 0 saturated heterocycles. The zero-order valence-electron chi connectivity index (χ0n) is 15.0. The molecule has 0 fully saturated rings. The standard InChI is InChI=1S/C21H18F3N3O/c22-21(23,24)19-17(13-25-27(19)15-9-2-1-3-10-15)20(28)26-18-12-6-8-14-7-4-5-11-16(14)18/h1-3,6,8-10,12-13H,4-5,7,11H2,(H,26,28). The number of aryl methyl sites for hydroxylation is 1. The predicted octanol–water partition coefficient (Wildman–Crippen LogP) is 5.02. The highest BCUT2D eigenvalue weighted by atomic mass is 19.4. The van der Waals surface area contributed by atoms with Gasteiger partial charge in [0.1, 0.15) is 0 Å². The molecule has 0 spiro atoms. The number of hydrogen-bond acceptors (Lipinski definition) is 2. The summed E-state index contributed by atoms with van der Waals surface area (Å²) in [5, 5.41) is 6.51. The van der Waals surface area contributed by atoms with Gasteiger partial charge in [-0.25, -0.2) is 4.68 Å². The molecule has 0 saturated carbocycles. The van der Waals surface area contributed by atoms with E-state index in [1.165, 1.54) is 12.1 Å². The average molecular weight is 385 g/mol. The number of para-hydroxylation sites is 1. The molecule has 0 bridgehead atoms. The maximum Gasteiger partial charge on any atom is 0.434 e. The van der Waals surface area contributed by atoms with Crippen molar-refractivity contribution in [3.05, 3.63) is 77.1 Å². The third kappa shape index (κ3) is 3.40. The number of carbonyl (C=O) groups excluding carboxylic acids is 1. The first-order valence-corrected chi connectivity index (χ1v) is 9.08. The van der Waals surface area contributed by atoms with Gasteiger partial charge in [-0.05, 0) is 55.0 Å². The van der Waals surface area contributed by atoms with Gasteiger partial charge in [-0.3, -0.25) is 4.79 Å². The van der Waals surface area contributed by atoms with E-state index in [-0.39, 0.29) is 5.69 Å². The number of halogens is 3. The number of aromatic nitrogens is 2. The zero-order chi connectivity index (χ0) is 19.7. The number of carbonyl (C=O) groups is 1. The quantitative estimate of drug-likeness (QED) is 0.688. The van der Waals surface area contributed by atoms with Crippen LogP contribution in [0.1, 0.15) is 40.0 Å². The molecule has 7 heteroatoms. The van der Waals surface area contributed by atoms with Crippen molar-refractivity contribution in [3.8, 4) is 5.69 Å². The fourth-order valence-corrected chi connectivity index (χ4v) is 3.64. The van der Waals surface area contributed by atoms with E-state index in [0.717, 1.165) is 47.7 Å². The summed E-state index contributed by atoms with van der Waals surface area (Å²) in [6, 6.07) is 13.5. The molecule has 1 aliphatic rings. The number of anilines is 1. The Bertz CT molecular complexity index is 1010. The van der Waals surface area contributed by atoms with Crippen molar-refractivity contribution in [2.45, 2.75) is 31.9 Å². The summed E-state index contributed by atoms with van der Waals surface area (Å²) in [4.78, 5) is 12.7. The van der Waals surface area contributed by atoms with Gasteiger partial charge in [0.25, 0.3) is 5.91 Å². The van der Waals surface area contributed by atoms with Crippen molar-refractivity contribution in [1.82, 2.24) is 9.78 Å². The van der Waals surface area contributed by atoms with E-state index >= 15 is 0 Å². The molecule has 28 heavy (non-hydrogen) atoms. The van der Waals surface area contributed by atoms with Gasteiger partial charge in [0.05, 0.1) is 17.4 Å². The molecule has 0 unspecified atom stereocenters. The van der Waals surface area contributed by atoms with Gasteiger partial charge < -0.3 is 5.32 Å². The van der Waals surface area contributed by atoms with E-state index in [1.807, 2.05) is 12.1 Å². The molecule has 144 valence electrons. The normalized spacial score (nSPS) is 13.8. The Morgan fingerprint density at radius 1 is 1.00 bits per heavy atom. The molecule has 1 amide bonds. The number of amides is 1. The van der Waals surface area contributed by atoms with E-state index in [4.69, 9.17) is 0 Å². The molecule has 2 aromatic carbocycles. The molecule has 0 aliphatic heterocycles. The molecule has 4 nitrogen and oxygen atoms in total. The van der Waals surface area contributed by atoms with Gasteiger partial charge in [-0.1, -0.05) is 30.3 Å². The topological polar surface area (TPSA) is 46.9 Å². The monoisotopic (exact) mass is 385 g/mol. The number of rotatable bonds is 3. The summed E-state index contributed by atoms with van der Waals surface area (Å²) in [6.45, 7) is 0. The van der Waals surface area contributed by atoms with Crippen LogP contribution in [0, 0.1) is 0 Å². The van der Waals surface area contributed by atoms with Crippen LogP contribution in [0.4, 0.5) is 18.9 Å². The second-order valence-corrected chi connectivity index (χ2v) is 6.76. The van der Waals surface area contributed by atoms with Gasteiger partial charge in [0, 0.05) is 5.69 Å². The number of benzene rings is 2. The number of alkyl halides is 3. The SMILES string of the molecule is O=C(Nc1cccc2c1CCCC2)c1cnn(-c2ccccc2)c1C(F)(F)F. The largest absolute Gasteiger partial charge is 0.434 e. The maximum atomic E-state index is 13.8. The molecule has 1 heterocycles. The first-order chi connectivity index (χ1) is 13.4. The Morgan fingerprint density at radius 2 is 1.75 bits per heavy atom. The van der Waals surface area contributed by atoms with Crippen LogP contribution in [0.5, 0.6) is 0 Å². The Labute approximate surface area is 160 Å². The van der Waals surface area contributed by atoms with Crippen LogP contribution in [0.3, 0.4) is 0 Å². The number of fused-ring (bicyclic) bond motifs is 1. The summed E-state index contributed by atoms with van der Waals surface area (Å²) in [7, 11) is 0. The lowest BCUT2D eigenvalue weighted by molar-refractivity contribution is -0.143. The summed E-state index contributed by atoms with van der Waals surface area (Å²) in [5.41, 5.74) is 1.38. The van der Waals surface area contributed by atoms with Crippen molar-refractivity contribution in [2.24, 2.45) is 0 Å². The van der Waals surface area contributed by atoms with E-state index in [0.29, 0.717) is 5.69 Å². The Morgan fingerprint density at radius 3 is 2.50 bits per heavy atom. The van der Waals surface area contributed by atoms with Gasteiger partial charge in [-0.2, -0.15) is 18.3 Å². The van der Waals surface area contributed by atoms with Crippen LogP contribution in [0.2, 0.25) is 0 Å². The molecule has 1 aromatic heterocycles. The molecular weight excluding hydrogens is 367 g/mol. The number of nitrogens with one attached hydrogen (secondary N) is 1. The molecule has 1 N–H and O–H groups in total. The minimum atomic E-state index is -4.73. The third-order valence-electron chi connectivity index (χ3n) is 4.93. The van der Waals surface area contributed by atoms with Crippen molar-refractivity contribution < 1.29 is 18.0 Å². The lowest BCUT2D eigenvalue weighted by atomic mass is 9.90. The van der Waals surface area contributed by atoms with Crippen LogP contribution < -0.4 is 5.32 Å². The highest BCUT2D eigenvalue weighted by molar-refractivity contribution is 6.05. The highest BCUT2D eigenvalue weighted by Crippen LogP contribution is 2.34. The lowest BCUT2D eigenvalue weighted by Gasteiger charge is -2.20. The maximum absolute atomic E-state index is 13.8. The summed E-state index contributed by atoms with van der Waals surface area (Å²) < 4.78 is 42.0. The fraction of sp³-hybridized carbons (Fsp3) is 0.238. The van der Waals surface area contributed by atoms with Crippen LogP contribution in [-0.4, -0.2) is 15.7 Å². The van der Waals surface area contributed by atoms with Crippen molar-refractivity contribution in [3.63, 3.8) is 0 Å². The fourth-order valence-electron chi connectivity index (χ4n) is 3.64. The molecule has 1 aliphatic carbocycles. The second kappa shape index (κ2) is 7.14. The third-order valence-corrected chi connectivity index (χ3v) is 4.93. The lowest BCUT2D eigenvalue weighted by Crippen LogP contribution is -2.21. The predicted molar refractivity (Wildman–Crippen MR) is 99.6 cm³/mol. The summed E-state index contributed by atoms with van der Waals surface area (Å²) in [5.74, 6) is -0.812. The minimum absolute atomic E-state index is 0.242. The summed E-state index contributed by atoms with van der Waals surface area (Å²) >= 11 is 0. The Hall–Kier alpha value is -3.09. The Balaban J connectivity index is 1.72. The second-order valence-electron chi connectivity index (χ2n) is 6.76. The van der Waals surface area contributed by atoms with Crippen molar-refractivity contribution in [1.29, 1.82) is 0 Å². The average Bonchev–Trinajstić information content (AvgIpc) is 3.15. The molecule has 0 radical (unpaired) electrons. The van der Waals surface area contributed by atoms with E-state index in [2.05, 4.69) is 10.4 Å². The van der Waals surface area contributed by atoms with Crippen LogP contribution >= 0.6 is 0 Å². The summed E-state index contributed by atoms with van der Waals surface area (Å²) in [6.07, 6.45) is 0.0434. The van der Waals surface area contributed by atoms with Gasteiger partial charge in [-0.15, -0.1) is 0 Å². The smallest absolute Gasteiger partial charge is 0.322 e. The van der Waals surface area contributed by atoms with Crippen LogP contribution in [0.25, 0.3) is 5.69 Å². The van der Waals surface area contributed by atoms with Crippen molar-refractivity contribution in [2.75, 3.05) is 5.32 Å². The van der Waals surface area contributed by atoms with Crippen LogP contribution in [0.15, 0.2) is 54.7 Å². The minimum Gasteiger partial charge on any atom is -0.322 e. The first-order valence-electron chi connectivity index (χ1n) is 9.08. The van der Waals surface area contributed by atoms with E-state index < -0.39 is 23.3 Å². The molecule has 3 aromatic rings. The van der Waals surface area contributed by atoms with E-state index in [9.17, 15) is 18.0 Å². The molecule has 4 rings (SSSR count). The number of nitrogens with zero attached hydrogens (tertiary/aromatic N) is 2. The van der Waals surface area contributed by atoms with Gasteiger partial charge in [0.2, 0.25) is 0 Å².